The normalized spacial score (nSPS) is 22.2. The van der Waals surface area contributed by atoms with Gasteiger partial charge in [0.2, 0.25) is 0 Å². The third-order valence-electron chi connectivity index (χ3n) is 4.77. The van der Waals surface area contributed by atoms with E-state index >= 15 is 0 Å². The lowest BCUT2D eigenvalue weighted by Crippen LogP contribution is -2.30. The topological polar surface area (TPSA) is 39.5 Å². The molecule has 1 aromatic carbocycles. The lowest BCUT2D eigenvalue weighted by molar-refractivity contribution is -0.0394. The van der Waals surface area contributed by atoms with E-state index in [1.165, 1.54) is 22.4 Å². The van der Waals surface area contributed by atoms with E-state index in [4.69, 9.17) is 9.47 Å². The zero-order valence-electron chi connectivity index (χ0n) is 14.7. The van der Waals surface area contributed by atoms with Gasteiger partial charge >= 0.3 is 0 Å². The van der Waals surface area contributed by atoms with E-state index in [2.05, 4.69) is 40.7 Å². The molecule has 0 amide bonds. The van der Waals surface area contributed by atoms with Crippen molar-refractivity contribution in [3.8, 4) is 11.1 Å². The second kappa shape index (κ2) is 7.91. The van der Waals surface area contributed by atoms with E-state index in [9.17, 15) is 0 Å². The van der Waals surface area contributed by atoms with E-state index in [1.54, 1.807) is 0 Å². The van der Waals surface area contributed by atoms with Crippen molar-refractivity contribution in [1.29, 1.82) is 0 Å². The number of morpholine rings is 1. The highest BCUT2D eigenvalue weighted by Crippen LogP contribution is 2.32. The summed E-state index contributed by atoms with van der Waals surface area (Å²) >= 11 is 1.84. The fourth-order valence-electron chi connectivity index (χ4n) is 3.23. The van der Waals surface area contributed by atoms with Gasteiger partial charge in [-0.3, -0.25) is 0 Å². The maximum absolute atomic E-state index is 5.83. The largest absolute Gasteiger partial charge is 0.379 e. The van der Waals surface area contributed by atoms with Gasteiger partial charge in [0, 0.05) is 36.4 Å². The standard InChI is InChI=1S/C19H25N3O2S/c1-15-5-6-16(12-18(15)25-21-7-10-23-11-8-21)17-13-20-22(14-17)19-4-2-3-9-24-19/h5-6,12-14,19H,2-4,7-11H2,1H3. The zero-order chi connectivity index (χ0) is 17.1. The second-order valence-corrected chi connectivity index (χ2v) is 7.78. The Morgan fingerprint density at radius 1 is 1.12 bits per heavy atom. The predicted octanol–water partition coefficient (Wildman–Crippen LogP) is 3.90. The Morgan fingerprint density at radius 2 is 2.00 bits per heavy atom. The second-order valence-electron chi connectivity index (χ2n) is 6.64. The smallest absolute Gasteiger partial charge is 0.150 e. The molecule has 2 aliphatic heterocycles. The van der Waals surface area contributed by atoms with Crippen molar-refractivity contribution in [3.05, 3.63) is 36.2 Å². The average molecular weight is 359 g/mol. The fourth-order valence-corrected chi connectivity index (χ4v) is 4.23. The predicted molar refractivity (Wildman–Crippen MR) is 99.5 cm³/mol. The van der Waals surface area contributed by atoms with Crippen molar-refractivity contribution in [1.82, 2.24) is 14.1 Å². The van der Waals surface area contributed by atoms with Crippen LogP contribution in [0.25, 0.3) is 11.1 Å². The van der Waals surface area contributed by atoms with Crippen LogP contribution in [0.3, 0.4) is 0 Å². The summed E-state index contributed by atoms with van der Waals surface area (Å²) in [5, 5.41) is 4.54. The van der Waals surface area contributed by atoms with Crippen molar-refractivity contribution in [3.63, 3.8) is 0 Å². The monoisotopic (exact) mass is 359 g/mol. The van der Waals surface area contributed by atoms with Gasteiger partial charge in [0.1, 0.15) is 6.23 Å². The van der Waals surface area contributed by atoms with Gasteiger partial charge in [-0.05, 0) is 55.3 Å². The summed E-state index contributed by atoms with van der Waals surface area (Å²) in [6.45, 7) is 6.60. The molecule has 5 nitrogen and oxygen atoms in total. The highest BCUT2D eigenvalue weighted by molar-refractivity contribution is 7.97. The number of hydrogen-bond donors (Lipinski definition) is 0. The number of ether oxygens (including phenoxy) is 2. The molecule has 4 rings (SSSR count). The highest BCUT2D eigenvalue weighted by Gasteiger charge is 2.18. The van der Waals surface area contributed by atoms with Gasteiger partial charge in [0.05, 0.1) is 19.4 Å². The number of hydrogen-bond acceptors (Lipinski definition) is 5. The molecule has 2 aromatic rings. The van der Waals surface area contributed by atoms with Crippen LogP contribution in [0.15, 0.2) is 35.5 Å². The van der Waals surface area contributed by atoms with Crippen molar-refractivity contribution < 1.29 is 9.47 Å². The van der Waals surface area contributed by atoms with Gasteiger partial charge in [0.15, 0.2) is 0 Å². The molecule has 25 heavy (non-hydrogen) atoms. The molecule has 0 saturated carbocycles. The van der Waals surface area contributed by atoms with E-state index in [0.717, 1.165) is 51.3 Å². The van der Waals surface area contributed by atoms with Crippen LogP contribution in [-0.2, 0) is 9.47 Å². The van der Waals surface area contributed by atoms with Gasteiger partial charge in [-0.1, -0.05) is 12.1 Å². The molecule has 6 heteroatoms. The minimum atomic E-state index is 0.0927. The summed E-state index contributed by atoms with van der Waals surface area (Å²) in [6.07, 6.45) is 7.58. The summed E-state index contributed by atoms with van der Waals surface area (Å²) in [6, 6.07) is 6.66. The van der Waals surface area contributed by atoms with Crippen molar-refractivity contribution in [2.75, 3.05) is 32.9 Å². The summed E-state index contributed by atoms with van der Waals surface area (Å²) in [4.78, 5) is 1.31. The lowest BCUT2D eigenvalue weighted by Gasteiger charge is -2.26. The molecule has 1 atom stereocenters. The number of aromatic nitrogens is 2. The molecule has 0 radical (unpaired) electrons. The number of aryl methyl sites for hydroxylation is 1. The summed E-state index contributed by atoms with van der Waals surface area (Å²) in [7, 11) is 0. The van der Waals surface area contributed by atoms with Crippen LogP contribution in [0.5, 0.6) is 0 Å². The van der Waals surface area contributed by atoms with Crippen molar-refractivity contribution in [2.24, 2.45) is 0 Å². The average Bonchev–Trinajstić information content (AvgIpc) is 3.15. The molecule has 1 aromatic heterocycles. The fraction of sp³-hybridized carbons (Fsp3) is 0.526. The third kappa shape index (κ3) is 4.08. The maximum Gasteiger partial charge on any atom is 0.150 e. The molecule has 0 aliphatic carbocycles. The van der Waals surface area contributed by atoms with Crippen LogP contribution >= 0.6 is 11.9 Å². The molecule has 2 saturated heterocycles. The van der Waals surface area contributed by atoms with E-state index < -0.39 is 0 Å². The summed E-state index contributed by atoms with van der Waals surface area (Å²) < 4.78 is 15.6. The molecule has 3 heterocycles. The first kappa shape index (κ1) is 17.1. The number of rotatable bonds is 4. The quantitative estimate of drug-likeness (QED) is 0.774. The molecule has 0 spiro atoms. The number of benzene rings is 1. The van der Waals surface area contributed by atoms with Crippen LogP contribution in [0.2, 0.25) is 0 Å². The van der Waals surface area contributed by atoms with Crippen molar-refractivity contribution in [2.45, 2.75) is 37.3 Å². The summed E-state index contributed by atoms with van der Waals surface area (Å²) in [5.41, 5.74) is 3.67. The van der Waals surface area contributed by atoms with Crippen LogP contribution in [0.4, 0.5) is 0 Å². The van der Waals surface area contributed by atoms with Gasteiger partial charge in [-0.25, -0.2) is 8.99 Å². The summed E-state index contributed by atoms with van der Waals surface area (Å²) in [5.74, 6) is 0. The van der Waals surface area contributed by atoms with Gasteiger partial charge in [-0.2, -0.15) is 5.10 Å². The van der Waals surface area contributed by atoms with Gasteiger partial charge in [-0.15, -0.1) is 0 Å². The molecular formula is C19H25N3O2S. The third-order valence-corrected chi connectivity index (χ3v) is 6.03. The van der Waals surface area contributed by atoms with E-state index in [0.29, 0.717) is 0 Å². The Kier molecular flexibility index (Phi) is 5.41. The van der Waals surface area contributed by atoms with Crippen LogP contribution in [0, 0.1) is 6.92 Å². The lowest BCUT2D eigenvalue weighted by atomic mass is 10.1. The molecular weight excluding hydrogens is 334 g/mol. The molecule has 2 aliphatic rings. The van der Waals surface area contributed by atoms with Crippen LogP contribution in [0.1, 0.15) is 31.1 Å². The zero-order valence-corrected chi connectivity index (χ0v) is 15.5. The first-order valence-electron chi connectivity index (χ1n) is 9.07. The first-order valence-corrected chi connectivity index (χ1v) is 9.84. The molecule has 134 valence electrons. The van der Waals surface area contributed by atoms with Gasteiger partial charge in [0.25, 0.3) is 0 Å². The molecule has 2 fully saturated rings. The van der Waals surface area contributed by atoms with Crippen LogP contribution in [-0.4, -0.2) is 47.0 Å². The van der Waals surface area contributed by atoms with Gasteiger partial charge < -0.3 is 9.47 Å². The van der Waals surface area contributed by atoms with E-state index in [1.807, 2.05) is 22.8 Å². The first-order chi connectivity index (χ1) is 12.3. The Balaban J connectivity index is 1.52. The SMILES string of the molecule is Cc1ccc(-c2cnn(C3CCCCO3)c2)cc1SN1CCOCC1. The Morgan fingerprint density at radius 3 is 2.80 bits per heavy atom. The van der Waals surface area contributed by atoms with Crippen molar-refractivity contribution >= 4 is 11.9 Å². The van der Waals surface area contributed by atoms with E-state index in [-0.39, 0.29) is 6.23 Å². The Labute approximate surface area is 153 Å². The maximum atomic E-state index is 5.83. The number of nitrogens with zero attached hydrogens (tertiary/aromatic N) is 3. The van der Waals surface area contributed by atoms with Crippen LogP contribution < -0.4 is 0 Å². The molecule has 0 N–H and O–H groups in total. The highest BCUT2D eigenvalue weighted by atomic mass is 32.2. The molecule has 1 unspecified atom stereocenters. The molecule has 0 bridgehead atoms. The minimum absolute atomic E-state index is 0.0927. The minimum Gasteiger partial charge on any atom is -0.379 e. The Bertz CT molecular complexity index is 706. The Hall–Kier alpha value is -1.34.